The average Bonchev–Trinajstić information content (AvgIpc) is 2.43. The fourth-order valence-electron chi connectivity index (χ4n) is 1.51. The Bertz CT molecular complexity index is 424. The lowest BCUT2D eigenvalue weighted by molar-refractivity contribution is -0.152. The Labute approximate surface area is 99.5 Å². The van der Waals surface area contributed by atoms with Crippen molar-refractivity contribution in [2.75, 3.05) is 0 Å². The van der Waals surface area contributed by atoms with Crippen LogP contribution < -0.4 is 0 Å². The predicted molar refractivity (Wildman–Crippen MR) is 57.6 cm³/mol. The van der Waals surface area contributed by atoms with Gasteiger partial charge in [-0.15, -0.1) is 0 Å². The zero-order chi connectivity index (χ0) is 11.0. The van der Waals surface area contributed by atoms with Gasteiger partial charge in [0.15, 0.2) is 0 Å². The molecule has 1 heterocycles. The SMILES string of the molecule is O=C1CC(c2cc(Cl)cc(Br)c2)C(=O)O1. The fraction of sp³-hybridized carbons (Fsp3) is 0.200. The Balaban J connectivity index is 2.37. The summed E-state index contributed by atoms with van der Waals surface area (Å²) >= 11 is 9.12. The molecule has 0 amide bonds. The Hall–Kier alpha value is -0.870. The Morgan fingerprint density at radius 3 is 2.60 bits per heavy atom. The van der Waals surface area contributed by atoms with Crippen molar-refractivity contribution in [2.45, 2.75) is 12.3 Å². The van der Waals surface area contributed by atoms with Gasteiger partial charge in [-0.1, -0.05) is 27.5 Å². The van der Waals surface area contributed by atoms with Crippen molar-refractivity contribution in [2.24, 2.45) is 0 Å². The van der Waals surface area contributed by atoms with Crippen LogP contribution in [0.5, 0.6) is 0 Å². The molecule has 1 aliphatic rings. The number of benzene rings is 1. The highest BCUT2D eigenvalue weighted by Gasteiger charge is 2.34. The zero-order valence-corrected chi connectivity index (χ0v) is 9.84. The average molecular weight is 290 g/mol. The largest absolute Gasteiger partial charge is 0.393 e. The van der Waals surface area contributed by atoms with Gasteiger partial charge in [0.1, 0.15) is 0 Å². The van der Waals surface area contributed by atoms with Crippen LogP contribution in [0.3, 0.4) is 0 Å². The van der Waals surface area contributed by atoms with Gasteiger partial charge in [0.25, 0.3) is 0 Å². The van der Waals surface area contributed by atoms with Crippen molar-refractivity contribution in [1.82, 2.24) is 0 Å². The molecule has 1 aromatic carbocycles. The van der Waals surface area contributed by atoms with Gasteiger partial charge in [0.2, 0.25) is 0 Å². The molecule has 0 aliphatic carbocycles. The molecule has 0 aromatic heterocycles. The lowest BCUT2D eigenvalue weighted by Gasteiger charge is -2.05. The molecule has 15 heavy (non-hydrogen) atoms. The number of esters is 2. The standard InChI is InChI=1S/C10H6BrClO3/c11-6-1-5(2-7(12)3-6)8-4-9(13)15-10(8)14/h1-3,8H,4H2. The van der Waals surface area contributed by atoms with Gasteiger partial charge < -0.3 is 4.74 Å². The number of halogens is 2. The van der Waals surface area contributed by atoms with E-state index in [0.717, 1.165) is 4.47 Å². The van der Waals surface area contributed by atoms with Gasteiger partial charge in [-0.05, 0) is 23.8 Å². The third kappa shape index (κ3) is 2.21. The van der Waals surface area contributed by atoms with E-state index in [2.05, 4.69) is 20.7 Å². The molecule has 1 unspecified atom stereocenters. The summed E-state index contributed by atoms with van der Waals surface area (Å²) in [6.07, 6.45) is 0.0889. The Morgan fingerprint density at radius 2 is 2.07 bits per heavy atom. The van der Waals surface area contributed by atoms with E-state index in [9.17, 15) is 9.59 Å². The normalized spacial score (nSPS) is 20.5. The lowest BCUT2D eigenvalue weighted by atomic mass is 9.98. The minimum Gasteiger partial charge on any atom is -0.393 e. The monoisotopic (exact) mass is 288 g/mol. The first kappa shape index (κ1) is 10.6. The van der Waals surface area contributed by atoms with Crippen LogP contribution >= 0.6 is 27.5 Å². The van der Waals surface area contributed by atoms with Gasteiger partial charge >= 0.3 is 11.9 Å². The van der Waals surface area contributed by atoms with Crippen molar-refractivity contribution < 1.29 is 14.3 Å². The maximum atomic E-state index is 11.3. The summed E-state index contributed by atoms with van der Waals surface area (Å²) in [6.45, 7) is 0. The van der Waals surface area contributed by atoms with Gasteiger partial charge in [0.05, 0.1) is 12.3 Å². The van der Waals surface area contributed by atoms with Crippen LogP contribution in [0.25, 0.3) is 0 Å². The highest BCUT2D eigenvalue weighted by Crippen LogP contribution is 2.31. The van der Waals surface area contributed by atoms with Crippen LogP contribution in [0.15, 0.2) is 22.7 Å². The maximum absolute atomic E-state index is 11.3. The Morgan fingerprint density at radius 1 is 1.33 bits per heavy atom. The summed E-state index contributed by atoms with van der Waals surface area (Å²) in [7, 11) is 0. The number of rotatable bonds is 1. The predicted octanol–water partition coefficient (Wildman–Crippen LogP) is 2.66. The van der Waals surface area contributed by atoms with Crippen LogP contribution in [-0.2, 0) is 14.3 Å². The summed E-state index contributed by atoms with van der Waals surface area (Å²) in [4.78, 5) is 22.2. The number of cyclic esters (lactones) is 2. The van der Waals surface area contributed by atoms with Crippen molar-refractivity contribution in [1.29, 1.82) is 0 Å². The Kier molecular flexibility index (Phi) is 2.80. The van der Waals surface area contributed by atoms with Crippen LogP contribution in [0.4, 0.5) is 0 Å². The highest BCUT2D eigenvalue weighted by molar-refractivity contribution is 9.10. The third-order valence-corrected chi connectivity index (χ3v) is 2.83. The van der Waals surface area contributed by atoms with Crippen LogP contribution in [0.2, 0.25) is 5.02 Å². The molecule has 0 N–H and O–H groups in total. The summed E-state index contributed by atoms with van der Waals surface area (Å²) in [5.74, 6) is -1.51. The zero-order valence-electron chi connectivity index (χ0n) is 7.50. The first-order valence-corrected chi connectivity index (χ1v) is 5.44. The van der Waals surface area contributed by atoms with E-state index in [1.165, 1.54) is 0 Å². The van der Waals surface area contributed by atoms with E-state index in [0.29, 0.717) is 10.6 Å². The molecule has 78 valence electrons. The summed E-state index contributed by atoms with van der Waals surface area (Å²) < 4.78 is 5.25. The van der Waals surface area contributed by atoms with Crippen LogP contribution in [0.1, 0.15) is 17.9 Å². The summed E-state index contributed by atoms with van der Waals surface area (Å²) in [6, 6.07) is 5.14. The van der Waals surface area contributed by atoms with E-state index in [1.54, 1.807) is 18.2 Å². The molecule has 0 bridgehead atoms. The number of carbonyl (C=O) groups excluding carboxylic acids is 2. The summed E-state index contributed by atoms with van der Waals surface area (Å²) in [5, 5.41) is 0.520. The second-order valence-electron chi connectivity index (χ2n) is 3.25. The second kappa shape index (κ2) is 3.94. The maximum Gasteiger partial charge on any atom is 0.321 e. The first-order chi connectivity index (χ1) is 7.06. The number of hydrogen-bond donors (Lipinski definition) is 0. The van der Waals surface area contributed by atoms with Crippen molar-refractivity contribution in [3.8, 4) is 0 Å². The molecule has 1 saturated heterocycles. The van der Waals surface area contributed by atoms with Crippen LogP contribution in [-0.4, -0.2) is 11.9 Å². The smallest absolute Gasteiger partial charge is 0.321 e. The fourth-order valence-corrected chi connectivity index (χ4v) is 2.39. The molecular weight excluding hydrogens is 283 g/mol. The molecule has 1 fully saturated rings. The first-order valence-electron chi connectivity index (χ1n) is 4.27. The molecule has 1 aliphatic heterocycles. The number of carbonyl (C=O) groups is 2. The molecule has 0 radical (unpaired) electrons. The second-order valence-corrected chi connectivity index (χ2v) is 4.60. The molecule has 5 heteroatoms. The molecule has 2 rings (SSSR count). The van der Waals surface area contributed by atoms with Gasteiger partial charge in [0, 0.05) is 9.50 Å². The van der Waals surface area contributed by atoms with Gasteiger partial charge in [-0.25, -0.2) is 0 Å². The van der Waals surface area contributed by atoms with E-state index in [4.69, 9.17) is 11.6 Å². The van der Waals surface area contributed by atoms with Gasteiger partial charge in [-0.3, -0.25) is 9.59 Å². The van der Waals surface area contributed by atoms with Gasteiger partial charge in [-0.2, -0.15) is 0 Å². The molecule has 1 atom stereocenters. The summed E-state index contributed by atoms with van der Waals surface area (Å²) in [5.41, 5.74) is 0.699. The van der Waals surface area contributed by atoms with E-state index >= 15 is 0 Å². The molecule has 1 aromatic rings. The molecule has 3 nitrogen and oxygen atoms in total. The van der Waals surface area contributed by atoms with E-state index in [-0.39, 0.29) is 6.42 Å². The molecule has 0 saturated carbocycles. The highest BCUT2D eigenvalue weighted by atomic mass is 79.9. The van der Waals surface area contributed by atoms with E-state index in [1.807, 2.05) is 0 Å². The van der Waals surface area contributed by atoms with Crippen molar-refractivity contribution >= 4 is 39.5 Å². The molecule has 0 spiro atoms. The third-order valence-electron chi connectivity index (χ3n) is 2.16. The molecular formula is C10H6BrClO3. The number of ether oxygens (including phenoxy) is 1. The van der Waals surface area contributed by atoms with E-state index < -0.39 is 17.9 Å². The quantitative estimate of drug-likeness (QED) is 0.590. The minimum absolute atomic E-state index is 0.0889. The van der Waals surface area contributed by atoms with Crippen LogP contribution in [0, 0.1) is 0 Å². The number of hydrogen-bond acceptors (Lipinski definition) is 3. The van der Waals surface area contributed by atoms with Crippen molar-refractivity contribution in [3.05, 3.63) is 33.3 Å². The minimum atomic E-state index is -0.521. The topological polar surface area (TPSA) is 43.4 Å². The van der Waals surface area contributed by atoms with Crippen molar-refractivity contribution in [3.63, 3.8) is 0 Å². The lowest BCUT2D eigenvalue weighted by Crippen LogP contribution is -2.05.